The van der Waals surface area contributed by atoms with E-state index in [1.54, 1.807) is 19.3 Å². The number of aliphatic hydroxyl groups excluding tert-OH is 1. The Labute approximate surface area is 86.3 Å². The van der Waals surface area contributed by atoms with Gasteiger partial charge >= 0.3 is 0 Å². The fourth-order valence-corrected chi connectivity index (χ4v) is 1.30. The molecular weight excluding hydrogens is 232 g/mol. The van der Waals surface area contributed by atoms with E-state index in [0.717, 1.165) is 23.1 Å². The highest BCUT2D eigenvalue weighted by molar-refractivity contribution is 9.10. The standard InChI is InChI=1S/C9H13BrN2O/c1-7(13)2-3-12-9-4-8(10)5-11-6-9/h4-7,12-13H,2-3H2,1H3. The summed E-state index contributed by atoms with van der Waals surface area (Å²) in [5.41, 5.74) is 0.968. The molecular formula is C9H13BrN2O. The summed E-state index contributed by atoms with van der Waals surface area (Å²) in [4.78, 5) is 4.01. The second-order valence-corrected chi connectivity index (χ2v) is 3.87. The molecule has 1 aromatic rings. The van der Waals surface area contributed by atoms with Crippen LogP contribution in [-0.2, 0) is 0 Å². The van der Waals surface area contributed by atoms with Gasteiger partial charge in [-0.1, -0.05) is 0 Å². The van der Waals surface area contributed by atoms with E-state index in [1.807, 2.05) is 6.07 Å². The summed E-state index contributed by atoms with van der Waals surface area (Å²) < 4.78 is 0.953. The normalized spacial score (nSPS) is 12.5. The molecule has 72 valence electrons. The second kappa shape index (κ2) is 5.19. The maximum absolute atomic E-state index is 9.02. The lowest BCUT2D eigenvalue weighted by Crippen LogP contribution is -2.09. The van der Waals surface area contributed by atoms with Gasteiger partial charge in [-0.3, -0.25) is 4.98 Å². The molecule has 0 bridgehead atoms. The summed E-state index contributed by atoms with van der Waals surface area (Å²) >= 11 is 3.33. The third-order valence-electron chi connectivity index (χ3n) is 1.60. The highest BCUT2D eigenvalue weighted by Crippen LogP contribution is 2.13. The van der Waals surface area contributed by atoms with Gasteiger partial charge in [0.25, 0.3) is 0 Å². The molecule has 13 heavy (non-hydrogen) atoms. The van der Waals surface area contributed by atoms with Crippen molar-refractivity contribution in [1.82, 2.24) is 4.98 Å². The zero-order valence-electron chi connectivity index (χ0n) is 7.50. The molecule has 2 N–H and O–H groups in total. The Morgan fingerprint density at radius 1 is 1.62 bits per heavy atom. The lowest BCUT2D eigenvalue weighted by atomic mass is 10.3. The van der Waals surface area contributed by atoms with Crippen molar-refractivity contribution in [2.45, 2.75) is 19.4 Å². The fraction of sp³-hybridized carbons (Fsp3) is 0.444. The van der Waals surface area contributed by atoms with Gasteiger partial charge in [0.1, 0.15) is 0 Å². The summed E-state index contributed by atoms with van der Waals surface area (Å²) in [6, 6.07) is 1.95. The predicted molar refractivity (Wildman–Crippen MR) is 56.7 cm³/mol. The zero-order valence-corrected chi connectivity index (χ0v) is 9.08. The Hall–Kier alpha value is -0.610. The van der Waals surface area contributed by atoms with Gasteiger partial charge in [-0.05, 0) is 35.3 Å². The number of pyridine rings is 1. The Balaban J connectivity index is 2.37. The van der Waals surface area contributed by atoms with E-state index in [-0.39, 0.29) is 6.10 Å². The van der Waals surface area contributed by atoms with Crippen molar-refractivity contribution < 1.29 is 5.11 Å². The van der Waals surface area contributed by atoms with Gasteiger partial charge in [-0.2, -0.15) is 0 Å². The molecule has 0 spiro atoms. The zero-order chi connectivity index (χ0) is 9.68. The average Bonchev–Trinajstić information content (AvgIpc) is 2.03. The second-order valence-electron chi connectivity index (χ2n) is 2.96. The number of nitrogens with zero attached hydrogens (tertiary/aromatic N) is 1. The van der Waals surface area contributed by atoms with Gasteiger partial charge in [-0.15, -0.1) is 0 Å². The first-order valence-corrected chi connectivity index (χ1v) is 5.00. The van der Waals surface area contributed by atoms with Crippen LogP contribution in [0.5, 0.6) is 0 Å². The largest absolute Gasteiger partial charge is 0.393 e. The van der Waals surface area contributed by atoms with Crippen LogP contribution in [0.25, 0.3) is 0 Å². The van der Waals surface area contributed by atoms with Crippen LogP contribution in [0.4, 0.5) is 5.69 Å². The van der Waals surface area contributed by atoms with Crippen molar-refractivity contribution >= 4 is 21.6 Å². The Morgan fingerprint density at radius 2 is 2.38 bits per heavy atom. The molecule has 0 saturated carbocycles. The molecule has 4 heteroatoms. The summed E-state index contributed by atoms with van der Waals surface area (Å²) in [7, 11) is 0. The minimum atomic E-state index is -0.257. The first kappa shape index (κ1) is 10.5. The number of nitrogens with one attached hydrogen (secondary N) is 1. The average molecular weight is 245 g/mol. The van der Waals surface area contributed by atoms with Crippen molar-refractivity contribution in [2.24, 2.45) is 0 Å². The van der Waals surface area contributed by atoms with Crippen molar-refractivity contribution in [2.75, 3.05) is 11.9 Å². The predicted octanol–water partition coefficient (Wildman–Crippen LogP) is 2.03. The Morgan fingerprint density at radius 3 is 3.00 bits per heavy atom. The van der Waals surface area contributed by atoms with Crippen LogP contribution in [0, 0.1) is 0 Å². The quantitative estimate of drug-likeness (QED) is 0.853. The maximum atomic E-state index is 9.02. The smallest absolute Gasteiger partial charge is 0.0538 e. The number of aliphatic hydroxyl groups is 1. The van der Waals surface area contributed by atoms with E-state index < -0.39 is 0 Å². The van der Waals surface area contributed by atoms with Gasteiger partial charge in [0.2, 0.25) is 0 Å². The van der Waals surface area contributed by atoms with E-state index in [0.29, 0.717) is 0 Å². The number of hydrogen-bond donors (Lipinski definition) is 2. The Bertz CT molecular complexity index is 266. The van der Waals surface area contributed by atoms with E-state index in [9.17, 15) is 0 Å². The molecule has 1 aromatic heterocycles. The molecule has 0 aliphatic carbocycles. The fourth-order valence-electron chi connectivity index (χ4n) is 0.934. The van der Waals surface area contributed by atoms with Gasteiger partial charge < -0.3 is 10.4 Å². The summed E-state index contributed by atoms with van der Waals surface area (Å²) in [5, 5.41) is 12.2. The number of aromatic nitrogens is 1. The first-order valence-electron chi connectivity index (χ1n) is 4.21. The van der Waals surface area contributed by atoms with Crippen molar-refractivity contribution in [3.8, 4) is 0 Å². The number of halogens is 1. The number of hydrogen-bond acceptors (Lipinski definition) is 3. The van der Waals surface area contributed by atoms with Crippen molar-refractivity contribution in [1.29, 1.82) is 0 Å². The van der Waals surface area contributed by atoms with Crippen LogP contribution in [0.3, 0.4) is 0 Å². The molecule has 1 unspecified atom stereocenters. The number of rotatable bonds is 4. The molecule has 0 aliphatic heterocycles. The van der Waals surface area contributed by atoms with Gasteiger partial charge in [-0.25, -0.2) is 0 Å². The molecule has 1 atom stereocenters. The summed E-state index contributed by atoms with van der Waals surface area (Å²) in [5.74, 6) is 0. The van der Waals surface area contributed by atoms with Crippen LogP contribution in [-0.4, -0.2) is 22.7 Å². The third-order valence-corrected chi connectivity index (χ3v) is 2.03. The minimum Gasteiger partial charge on any atom is -0.393 e. The molecule has 1 rings (SSSR count). The van der Waals surface area contributed by atoms with E-state index in [2.05, 4.69) is 26.2 Å². The topological polar surface area (TPSA) is 45.1 Å². The molecule has 0 aliphatic rings. The number of anilines is 1. The molecule has 3 nitrogen and oxygen atoms in total. The van der Waals surface area contributed by atoms with Crippen LogP contribution >= 0.6 is 15.9 Å². The SMILES string of the molecule is CC(O)CCNc1cncc(Br)c1. The van der Waals surface area contributed by atoms with Gasteiger partial charge in [0.15, 0.2) is 0 Å². The molecule has 0 saturated heterocycles. The third kappa shape index (κ3) is 4.24. The summed E-state index contributed by atoms with van der Waals surface area (Å²) in [6.07, 6.45) is 3.98. The van der Waals surface area contributed by atoms with Crippen LogP contribution < -0.4 is 5.32 Å². The first-order chi connectivity index (χ1) is 6.18. The maximum Gasteiger partial charge on any atom is 0.0538 e. The van der Waals surface area contributed by atoms with E-state index in [4.69, 9.17) is 5.11 Å². The van der Waals surface area contributed by atoms with Crippen molar-refractivity contribution in [3.05, 3.63) is 22.9 Å². The molecule has 1 heterocycles. The molecule has 0 aromatic carbocycles. The highest BCUT2D eigenvalue weighted by atomic mass is 79.9. The van der Waals surface area contributed by atoms with E-state index in [1.165, 1.54) is 0 Å². The lowest BCUT2D eigenvalue weighted by molar-refractivity contribution is 0.189. The molecule has 0 amide bonds. The molecule has 0 fully saturated rings. The minimum absolute atomic E-state index is 0.257. The summed E-state index contributed by atoms with van der Waals surface area (Å²) in [6.45, 7) is 2.54. The Kier molecular flexibility index (Phi) is 4.18. The van der Waals surface area contributed by atoms with Crippen LogP contribution in [0.15, 0.2) is 22.9 Å². The monoisotopic (exact) mass is 244 g/mol. The highest BCUT2D eigenvalue weighted by Gasteiger charge is 1.96. The lowest BCUT2D eigenvalue weighted by Gasteiger charge is -2.07. The van der Waals surface area contributed by atoms with Crippen LogP contribution in [0.1, 0.15) is 13.3 Å². The van der Waals surface area contributed by atoms with Crippen LogP contribution in [0.2, 0.25) is 0 Å². The van der Waals surface area contributed by atoms with E-state index >= 15 is 0 Å². The van der Waals surface area contributed by atoms with Gasteiger partial charge in [0.05, 0.1) is 18.0 Å². The van der Waals surface area contributed by atoms with Gasteiger partial charge in [0, 0.05) is 17.2 Å². The molecule has 0 radical (unpaired) electrons. The van der Waals surface area contributed by atoms with Crippen molar-refractivity contribution in [3.63, 3.8) is 0 Å².